The molecule has 190 valence electrons. The topological polar surface area (TPSA) is 84.9 Å². The summed E-state index contributed by atoms with van der Waals surface area (Å²) in [4.78, 5) is 39.4. The highest BCUT2D eigenvalue weighted by Crippen LogP contribution is 2.32. The van der Waals surface area contributed by atoms with E-state index in [1.165, 1.54) is 17.2 Å². The summed E-state index contributed by atoms with van der Waals surface area (Å²) in [6.07, 6.45) is 1.42. The predicted molar refractivity (Wildman–Crippen MR) is 143 cm³/mol. The van der Waals surface area contributed by atoms with Crippen molar-refractivity contribution in [3.8, 4) is 11.5 Å². The van der Waals surface area contributed by atoms with E-state index in [0.717, 1.165) is 10.5 Å². The number of anilines is 1. The lowest BCUT2D eigenvalue weighted by Gasteiger charge is -2.27. The maximum Gasteiger partial charge on any atom is 0.335 e. The van der Waals surface area contributed by atoms with Crippen LogP contribution in [0.25, 0.3) is 6.08 Å². The minimum absolute atomic E-state index is 0.190. The Kier molecular flexibility index (Phi) is 7.64. The summed E-state index contributed by atoms with van der Waals surface area (Å²) in [7, 11) is 0. The number of barbiturate groups is 1. The predicted octanol–water partition coefficient (Wildman–Crippen LogP) is 5.91. The van der Waals surface area contributed by atoms with Gasteiger partial charge in [0.2, 0.25) is 0 Å². The average molecular weight is 519 g/mol. The molecule has 1 saturated heterocycles. The molecule has 8 heteroatoms. The molecule has 1 aliphatic heterocycles. The molecule has 1 aliphatic rings. The Labute approximate surface area is 220 Å². The third-order valence-electron chi connectivity index (χ3n) is 6.13. The van der Waals surface area contributed by atoms with Gasteiger partial charge in [0.1, 0.15) is 12.2 Å². The molecule has 0 aliphatic carbocycles. The number of imide groups is 2. The van der Waals surface area contributed by atoms with Crippen LogP contribution in [0, 0.1) is 20.8 Å². The minimum Gasteiger partial charge on any atom is -0.490 e. The van der Waals surface area contributed by atoms with Crippen LogP contribution in [0.3, 0.4) is 0 Å². The van der Waals surface area contributed by atoms with Gasteiger partial charge in [-0.2, -0.15) is 0 Å². The fourth-order valence-corrected chi connectivity index (χ4v) is 4.11. The van der Waals surface area contributed by atoms with Gasteiger partial charge in [-0.3, -0.25) is 14.9 Å². The van der Waals surface area contributed by atoms with Crippen molar-refractivity contribution in [2.45, 2.75) is 34.3 Å². The standard InChI is InChI=1S/C29H27ClN2O5/c1-5-36-26-15-20(11-12-25(26)37-16-21-10-9-17(2)18(3)13-21)14-22-27(33)31-29(35)32(28(22)34)24-8-6-7-23(30)19(24)4/h6-15H,5,16H2,1-4H3,(H,31,33,35)/b22-14+. The number of hydrogen-bond acceptors (Lipinski definition) is 5. The molecule has 4 rings (SSSR count). The van der Waals surface area contributed by atoms with Gasteiger partial charge in [0.15, 0.2) is 11.5 Å². The highest BCUT2D eigenvalue weighted by atomic mass is 35.5. The molecule has 1 N–H and O–H groups in total. The first-order valence-corrected chi connectivity index (χ1v) is 12.2. The maximum atomic E-state index is 13.3. The number of ether oxygens (including phenoxy) is 2. The fraction of sp³-hybridized carbons (Fsp3) is 0.207. The van der Waals surface area contributed by atoms with Crippen LogP contribution in [0.4, 0.5) is 10.5 Å². The quantitative estimate of drug-likeness (QED) is 0.310. The number of rotatable bonds is 7. The first-order chi connectivity index (χ1) is 17.7. The average Bonchev–Trinajstić information content (AvgIpc) is 2.86. The van der Waals surface area contributed by atoms with E-state index in [0.29, 0.717) is 46.5 Å². The monoisotopic (exact) mass is 518 g/mol. The maximum absolute atomic E-state index is 13.3. The summed E-state index contributed by atoms with van der Waals surface area (Å²) in [5.41, 5.74) is 4.63. The molecule has 0 spiro atoms. The minimum atomic E-state index is -0.831. The zero-order valence-electron chi connectivity index (χ0n) is 21.1. The molecule has 7 nitrogen and oxygen atoms in total. The molecule has 4 amide bonds. The lowest BCUT2D eigenvalue weighted by atomic mass is 10.1. The summed E-state index contributed by atoms with van der Waals surface area (Å²) in [6.45, 7) is 8.42. The van der Waals surface area contributed by atoms with E-state index < -0.39 is 17.8 Å². The highest BCUT2D eigenvalue weighted by molar-refractivity contribution is 6.39. The third-order valence-corrected chi connectivity index (χ3v) is 6.54. The van der Waals surface area contributed by atoms with Crippen LogP contribution in [0.1, 0.15) is 34.7 Å². The first-order valence-electron chi connectivity index (χ1n) is 11.8. The number of carbonyl (C=O) groups is 3. The Morgan fingerprint density at radius 2 is 1.70 bits per heavy atom. The van der Waals surface area contributed by atoms with Gasteiger partial charge in [-0.25, -0.2) is 9.69 Å². The Morgan fingerprint density at radius 3 is 2.43 bits per heavy atom. The van der Waals surface area contributed by atoms with Crippen molar-refractivity contribution in [3.63, 3.8) is 0 Å². The zero-order chi connectivity index (χ0) is 26.7. The Hall–Kier alpha value is -4.10. The number of benzene rings is 3. The van der Waals surface area contributed by atoms with Gasteiger partial charge in [0, 0.05) is 5.02 Å². The molecule has 3 aromatic carbocycles. The zero-order valence-corrected chi connectivity index (χ0v) is 21.8. The number of amides is 4. The molecule has 1 fully saturated rings. The number of hydrogen-bond donors (Lipinski definition) is 1. The van der Waals surface area contributed by atoms with Gasteiger partial charge in [-0.05, 0) is 85.9 Å². The van der Waals surface area contributed by atoms with Crippen molar-refractivity contribution >= 4 is 41.2 Å². The molecule has 0 unspecified atom stereocenters. The van der Waals surface area contributed by atoms with Crippen LogP contribution in [-0.2, 0) is 16.2 Å². The lowest BCUT2D eigenvalue weighted by molar-refractivity contribution is -0.122. The largest absolute Gasteiger partial charge is 0.490 e. The van der Waals surface area contributed by atoms with E-state index in [4.69, 9.17) is 21.1 Å². The Morgan fingerprint density at radius 1 is 0.919 bits per heavy atom. The van der Waals surface area contributed by atoms with Gasteiger partial charge in [-0.1, -0.05) is 41.9 Å². The van der Waals surface area contributed by atoms with Crippen molar-refractivity contribution in [2.75, 3.05) is 11.5 Å². The van der Waals surface area contributed by atoms with Crippen molar-refractivity contribution in [1.82, 2.24) is 5.32 Å². The molecule has 0 bridgehead atoms. The number of urea groups is 1. The van der Waals surface area contributed by atoms with Gasteiger partial charge >= 0.3 is 6.03 Å². The van der Waals surface area contributed by atoms with Crippen LogP contribution in [0.5, 0.6) is 11.5 Å². The highest BCUT2D eigenvalue weighted by Gasteiger charge is 2.37. The van der Waals surface area contributed by atoms with Crippen LogP contribution in [0.2, 0.25) is 5.02 Å². The van der Waals surface area contributed by atoms with E-state index in [2.05, 4.69) is 31.3 Å². The Balaban J connectivity index is 1.63. The number of halogens is 1. The number of carbonyl (C=O) groups excluding carboxylic acids is 3. The van der Waals surface area contributed by atoms with Crippen LogP contribution in [0.15, 0.2) is 60.2 Å². The smallest absolute Gasteiger partial charge is 0.335 e. The van der Waals surface area contributed by atoms with Crippen LogP contribution < -0.4 is 19.7 Å². The SMILES string of the molecule is CCOc1cc(/C=C2\C(=O)NC(=O)N(c3cccc(Cl)c3C)C2=O)ccc1OCc1ccc(C)c(C)c1. The van der Waals surface area contributed by atoms with Gasteiger partial charge in [-0.15, -0.1) is 0 Å². The molecule has 1 heterocycles. The fourth-order valence-electron chi connectivity index (χ4n) is 3.94. The second-order valence-electron chi connectivity index (χ2n) is 8.69. The van der Waals surface area contributed by atoms with E-state index in [9.17, 15) is 14.4 Å². The van der Waals surface area contributed by atoms with E-state index in [1.54, 1.807) is 43.3 Å². The summed E-state index contributed by atoms with van der Waals surface area (Å²) < 4.78 is 11.8. The van der Waals surface area contributed by atoms with Crippen LogP contribution >= 0.6 is 11.6 Å². The van der Waals surface area contributed by atoms with Gasteiger partial charge in [0.25, 0.3) is 11.8 Å². The second kappa shape index (κ2) is 10.9. The molecule has 37 heavy (non-hydrogen) atoms. The van der Waals surface area contributed by atoms with E-state index in [1.807, 2.05) is 13.0 Å². The number of aryl methyl sites for hydroxylation is 2. The van der Waals surface area contributed by atoms with E-state index in [-0.39, 0.29) is 5.57 Å². The summed E-state index contributed by atoms with van der Waals surface area (Å²) in [6, 6.07) is 15.4. The summed E-state index contributed by atoms with van der Waals surface area (Å²) in [5.74, 6) is -0.512. The number of nitrogens with zero attached hydrogens (tertiary/aromatic N) is 1. The van der Waals surface area contributed by atoms with Crippen molar-refractivity contribution in [3.05, 3.63) is 93.0 Å². The summed E-state index contributed by atoms with van der Waals surface area (Å²) in [5, 5.41) is 2.63. The van der Waals surface area contributed by atoms with Gasteiger partial charge < -0.3 is 9.47 Å². The molecule has 0 radical (unpaired) electrons. The summed E-state index contributed by atoms with van der Waals surface area (Å²) >= 11 is 6.19. The van der Waals surface area contributed by atoms with Gasteiger partial charge in [0.05, 0.1) is 12.3 Å². The van der Waals surface area contributed by atoms with Crippen molar-refractivity contribution < 1.29 is 23.9 Å². The molecule has 3 aromatic rings. The second-order valence-corrected chi connectivity index (χ2v) is 9.10. The van der Waals surface area contributed by atoms with Crippen LogP contribution in [-0.4, -0.2) is 24.5 Å². The first kappa shape index (κ1) is 26.0. The van der Waals surface area contributed by atoms with E-state index >= 15 is 0 Å². The number of nitrogens with one attached hydrogen (secondary N) is 1. The molecular formula is C29H27ClN2O5. The van der Waals surface area contributed by atoms with Crippen molar-refractivity contribution in [1.29, 1.82) is 0 Å². The molecule has 0 atom stereocenters. The normalized spacial score (nSPS) is 14.7. The Bertz CT molecular complexity index is 1430. The van der Waals surface area contributed by atoms with Crippen molar-refractivity contribution in [2.24, 2.45) is 0 Å². The molecule has 0 aromatic heterocycles. The molecule has 0 saturated carbocycles. The lowest BCUT2D eigenvalue weighted by Crippen LogP contribution is -2.54. The third kappa shape index (κ3) is 5.52. The molecular weight excluding hydrogens is 492 g/mol.